The predicted molar refractivity (Wildman–Crippen MR) is 73.0 cm³/mol. The molecule has 0 atom stereocenters. The van der Waals surface area contributed by atoms with Crippen LogP contribution >= 0.6 is 15.9 Å². The maximum absolute atomic E-state index is 11.1. The summed E-state index contributed by atoms with van der Waals surface area (Å²) in [6.07, 6.45) is 3.17. The number of benzene rings is 1. The molecule has 1 heterocycles. The summed E-state index contributed by atoms with van der Waals surface area (Å²) in [6.45, 7) is 5.07. The van der Waals surface area contributed by atoms with E-state index in [0.29, 0.717) is 6.42 Å². The zero-order chi connectivity index (χ0) is 12.3. The molecule has 0 saturated carbocycles. The lowest BCUT2D eigenvalue weighted by atomic mass is 10.1. The highest BCUT2D eigenvalue weighted by Gasteiger charge is 2.13. The highest BCUT2D eigenvalue weighted by atomic mass is 79.9. The Hall–Kier alpha value is -0.670. The Labute approximate surface area is 111 Å². The number of nitrogens with zero attached hydrogens (tertiary/aromatic N) is 1. The molecule has 92 valence electrons. The van der Waals surface area contributed by atoms with Gasteiger partial charge in [-0.2, -0.15) is 0 Å². The molecular formula is C14H18BrNO. The predicted octanol–water partition coefficient (Wildman–Crippen LogP) is 3.18. The minimum absolute atomic E-state index is 0.212. The number of Topliss-reactive ketones (excluding diaryl/α,β-unsaturated/α-hetero) is 1. The van der Waals surface area contributed by atoms with Gasteiger partial charge < -0.3 is 0 Å². The number of halogens is 1. The average Bonchev–Trinajstić information content (AvgIpc) is 2.74. The van der Waals surface area contributed by atoms with Gasteiger partial charge in [-0.15, -0.1) is 0 Å². The van der Waals surface area contributed by atoms with Crippen molar-refractivity contribution in [3.63, 3.8) is 0 Å². The summed E-state index contributed by atoms with van der Waals surface area (Å²) in [5, 5.41) is 0. The molecule has 0 bridgehead atoms. The summed E-state index contributed by atoms with van der Waals surface area (Å²) in [4.78, 5) is 13.5. The minimum Gasteiger partial charge on any atom is -0.300 e. The van der Waals surface area contributed by atoms with E-state index in [2.05, 4.69) is 39.0 Å². The topological polar surface area (TPSA) is 20.3 Å². The number of likely N-dealkylation sites (tertiary alicyclic amines) is 1. The Balaban J connectivity index is 2.05. The molecule has 1 aliphatic rings. The van der Waals surface area contributed by atoms with Crippen LogP contribution in [0.15, 0.2) is 22.7 Å². The molecule has 0 aliphatic carbocycles. The van der Waals surface area contributed by atoms with Gasteiger partial charge in [-0.3, -0.25) is 9.69 Å². The number of ketones is 1. The van der Waals surface area contributed by atoms with Crippen molar-refractivity contribution in [2.24, 2.45) is 0 Å². The van der Waals surface area contributed by atoms with E-state index in [1.54, 1.807) is 6.92 Å². The molecule has 0 amide bonds. The van der Waals surface area contributed by atoms with Crippen molar-refractivity contribution in [3.05, 3.63) is 33.8 Å². The van der Waals surface area contributed by atoms with Crippen LogP contribution in [0.2, 0.25) is 0 Å². The van der Waals surface area contributed by atoms with Gasteiger partial charge in [0.1, 0.15) is 5.78 Å². The molecular weight excluding hydrogens is 278 g/mol. The summed E-state index contributed by atoms with van der Waals surface area (Å²) in [5.41, 5.74) is 2.41. The van der Waals surface area contributed by atoms with Crippen molar-refractivity contribution >= 4 is 21.7 Å². The summed E-state index contributed by atoms with van der Waals surface area (Å²) < 4.78 is 1.13. The van der Waals surface area contributed by atoms with E-state index in [4.69, 9.17) is 0 Å². The van der Waals surface area contributed by atoms with E-state index in [9.17, 15) is 4.79 Å². The fraction of sp³-hybridized carbons (Fsp3) is 0.500. The monoisotopic (exact) mass is 295 g/mol. The first-order valence-corrected chi connectivity index (χ1v) is 6.93. The molecule has 1 aromatic rings. The van der Waals surface area contributed by atoms with Gasteiger partial charge in [0.05, 0.1) is 0 Å². The maximum Gasteiger partial charge on any atom is 0.134 e. The van der Waals surface area contributed by atoms with E-state index in [-0.39, 0.29) is 5.78 Å². The molecule has 1 fully saturated rings. The summed E-state index contributed by atoms with van der Waals surface area (Å²) >= 11 is 3.61. The van der Waals surface area contributed by atoms with Gasteiger partial charge in [-0.1, -0.05) is 28.1 Å². The Morgan fingerprint density at radius 1 is 1.35 bits per heavy atom. The average molecular weight is 296 g/mol. The first-order valence-electron chi connectivity index (χ1n) is 6.14. The van der Waals surface area contributed by atoms with Crippen LogP contribution in [0.4, 0.5) is 0 Å². The lowest BCUT2D eigenvalue weighted by molar-refractivity contribution is -0.116. The first-order chi connectivity index (χ1) is 8.15. The van der Waals surface area contributed by atoms with Gasteiger partial charge in [0.25, 0.3) is 0 Å². The Morgan fingerprint density at radius 2 is 2.06 bits per heavy atom. The van der Waals surface area contributed by atoms with Crippen LogP contribution in [0.3, 0.4) is 0 Å². The summed E-state index contributed by atoms with van der Waals surface area (Å²) in [5.74, 6) is 0.212. The molecule has 2 rings (SSSR count). The molecule has 2 nitrogen and oxygen atoms in total. The largest absolute Gasteiger partial charge is 0.300 e. The van der Waals surface area contributed by atoms with Crippen LogP contribution in [0.1, 0.15) is 30.9 Å². The number of hydrogen-bond acceptors (Lipinski definition) is 2. The van der Waals surface area contributed by atoms with E-state index in [1.165, 1.54) is 31.5 Å². The second-order valence-corrected chi connectivity index (χ2v) is 5.64. The molecule has 1 saturated heterocycles. The van der Waals surface area contributed by atoms with Crippen molar-refractivity contribution in [1.82, 2.24) is 4.90 Å². The van der Waals surface area contributed by atoms with Crippen LogP contribution in [0.5, 0.6) is 0 Å². The molecule has 3 heteroatoms. The second kappa shape index (κ2) is 5.78. The lowest BCUT2D eigenvalue weighted by Crippen LogP contribution is -2.18. The molecule has 0 radical (unpaired) electrons. The zero-order valence-electron chi connectivity index (χ0n) is 10.2. The Bertz CT molecular complexity index is 411. The molecule has 0 aromatic heterocycles. The maximum atomic E-state index is 11.1. The third-order valence-electron chi connectivity index (χ3n) is 3.16. The van der Waals surface area contributed by atoms with Crippen LogP contribution in [0, 0.1) is 0 Å². The molecule has 1 aliphatic heterocycles. The first kappa shape index (κ1) is 12.8. The Morgan fingerprint density at radius 3 is 2.65 bits per heavy atom. The number of carbonyl (C=O) groups is 1. The van der Waals surface area contributed by atoms with Crippen LogP contribution < -0.4 is 0 Å². The van der Waals surface area contributed by atoms with Crippen LogP contribution in [-0.2, 0) is 17.8 Å². The third-order valence-corrected chi connectivity index (χ3v) is 3.90. The SMILES string of the molecule is CC(=O)Cc1ccc(CN2CCCC2)c(Br)c1. The molecule has 0 spiro atoms. The van der Waals surface area contributed by atoms with E-state index in [0.717, 1.165) is 16.6 Å². The van der Waals surface area contributed by atoms with Gasteiger partial charge in [0.15, 0.2) is 0 Å². The lowest BCUT2D eigenvalue weighted by Gasteiger charge is -2.16. The summed E-state index contributed by atoms with van der Waals surface area (Å²) in [6, 6.07) is 6.28. The standard InChI is InChI=1S/C14H18BrNO/c1-11(17)8-12-4-5-13(14(15)9-12)10-16-6-2-3-7-16/h4-5,9H,2-3,6-8,10H2,1H3. The highest BCUT2D eigenvalue weighted by Crippen LogP contribution is 2.22. The zero-order valence-corrected chi connectivity index (χ0v) is 11.8. The number of carbonyl (C=O) groups excluding carboxylic acids is 1. The Kier molecular flexibility index (Phi) is 4.35. The molecule has 0 N–H and O–H groups in total. The van der Waals surface area contributed by atoms with E-state index in [1.807, 2.05) is 0 Å². The fourth-order valence-corrected chi connectivity index (χ4v) is 2.85. The van der Waals surface area contributed by atoms with Crippen molar-refractivity contribution < 1.29 is 4.79 Å². The minimum atomic E-state index is 0.212. The fourth-order valence-electron chi connectivity index (χ4n) is 2.30. The van der Waals surface area contributed by atoms with Gasteiger partial charge in [0, 0.05) is 17.4 Å². The number of hydrogen-bond donors (Lipinski definition) is 0. The van der Waals surface area contributed by atoms with Crippen LogP contribution in [0.25, 0.3) is 0 Å². The van der Waals surface area contributed by atoms with Crippen LogP contribution in [-0.4, -0.2) is 23.8 Å². The second-order valence-electron chi connectivity index (χ2n) is 4.79. The quantitative estimate of drug-likeness (QED) is 0.850. The van der Waals surface area contributed by atoms with E-state index >= 15 is 0 Å². The third kappa shape index (κ3) is 3.65. The molecule has 0 unspecified atom stereocenters. The highest BCUT2D eigenvalue weighted by molar-refractivity contribution is 9.10. The van der Waals surface area contributed by atoms with Crippen molar-refractivity contribution in [1.29, 1.82) is 0 Å². The smallest absolute Gasteiger partial charge is 0.134 e. The molecule has 17 heavy (non-hydrogen) atoms. The normalized spacial score (nSPS) is 16.4. The van der Waals surface area contributed by atoms with Crippen molar-refractivity contribution in [2.75, 3.05) is 13.1 Å². The number of rotatable bonds is 4. The van der Waals surface area contributed by atoms with Gasteiger partial charge in [-0.25, -0.2) is 0 Å². The molecule has 1 aromatic carbocycles. The van der Waals surface area contributed by atoms with Gasteiger partial charge in [0.2, 0.25) is 0 Å². The summed E-state index contributed by atoms with van der Waals surface area (Å²) in [7, 11) is 0. The van der Waals surface area contributed by atoms with Gasteiger partial charge in [-0.05, 0) is 50.0 Å². The van der Waals surface area contributed by atoms with E-state index < -0.39 is 0 Å². The van der Waals surface area contributed by atoms with Crippen molar-refractivity contribution in [3.8, 4) is 0 Å². The van der Waals surface area contributed by atoms with Gasteiger partial charge >= 0.3 is 0 Å². The van der Waals surface area contributed by atoms with Crippen molar-refractivity contribution in [2.45, 2.75) is 32.7 Å².